The number of likely N-dealkylation sites (N-methyl/N-ethyl adjacent to an activating group) is 1. The summed E-state index contributed by atoms with van der Waals surface area (Å²) in [5, 5.41) is 0.405. The summed E-state index contributed by atoms with van der Waals surface area (Å²) in [4.78, 5) is 33.4. The van der Waals surface area contributed by atoms with Crippen LogP contribution in [0, 0.1) is 0 Å². The van der Waals surface area contributed by atoms with E-state index in [1.54, 1.807) is 35.2 Å². The minimum Gasteiger partial charge on any atom is -0.444 e. The first-order valence-electron chi connectivity index (χ1n) is 9.06. The minimum absolute atomic E-state index is 0.124. The van der Waals surface area contributed by atoms with Crippen molar-refractivity contribution < 1.29 is 14.3 Å². The number of rotatable bonds is 5. The Labute approximate surface area is 166 Å². The van der Waals surface area contributed by atoms with E-state index >= 15 is 0 Å². The van der Waals surface area contributed by atoms with Gasteiger partial charge in [0.05, 0.1) is 0 Å². The van der Waals surface area contributed by atoms with Crippen LogP contribution in [0.5, 0.6) is 0 Å². The molecule has 1 aliphatic heterocycles. The van der Waals surface area contributed by atoms with Gasteiger partial charge in [-0.05, 0) is 51.7 Å². The summed E-state index contributed by atoms with van der Waals surface area (Å²) in [5.41, 5.74) is -0.715. The van der Waals surface area contributed by atoms with Crippen molar-refractivity contribution >= 4 is 23.6 Å². The third-order valence-electron chi connectivity index (χ3n) is 4.54. The normalized spacial score (nSPS) is 19.7. The second kappa shape index (κ2) is 8.30. The first-order valence-corrected chi connectivity index (χ1v) is 9.44. The maximum absolute atomic E-state index is 13.4. The zero-order valence-corrected chi connectivity index (χ0v) is 17.3. The average Bonchev–Trinajstić information content (AvgIpc) is 3.00. The van der Waals surface area contributed by atoms with Crippen LogP contribution in [0.25, 0.3) is 0 Å². The number of carbonyl (C=O) groups is 2. The quantitative estimate of drug-likeness (QED) is 0.559. The summed E-state index contributed by atoms with van der Waals surface area (Å²) in [7, 11) is 1.73. The zero-order valence-electron chi connectivity index (χ0n) is 16.5. The number of ether oxygens (including phenoxy) is 1. The molecule has 0 unspecified atom stereocenters. The fraction of sp³-hybridized carbons (Fsp3) is 0.550. The van der Waals surface area contributed by atoms with E-state index in [0.29, 0.717) is 31.1 Å². The van der Waals surface area contributed by atoms with E-state index < -0.39 is 17.2 Å². The molecule has 0 spiro atoms. The molecule has 0 N–H and O–H groups in total. The molecule has 2 rings (SSSR count). The standard InChI is InChI=1S/C20H28ClN3O3/c1-6-10-20(11-7-12-24(20)18(26)27-19(2,3)4)17(25)23(5)14-15-8-9-16(21)22-13-15/h6,8-9,13H,1,7,10-12,14H2,2-5H3/t20-/m0/s1. The van der Waals surface area contributed by atoms with Gasteiger partial charge in [0.2, 0.25) is 5.91 Å². The lowest BCUT2D eigenvalue weighted by Gasteiger charge is -2.39. The van der Waals surface area contributed by atoms with Crippen LogP contribution in [0.1, 0.15) is 45.6 Å². The second-order valence-corrected chi connectivity index (χ2v) is 8.30. The fourth-order valence-electron chi connectivity index (χ4n) is 3.42. The Bertz CT molecular complexity index is 699. The molecule has 7 heteroatoms. The van der Waals surface area contributed by atoms with Crippen LogP contribution >= 0.6 is 11.6 Å². The Morgan fingerprint density at radius 3 is 2.70 bits per heavy atom. The van der Waals surface area contributed by atoms with Crippen molar-refractivity contribution in [2.75, 3.05) is 13.6 Å². The number of nitrogens with zero attached hydrogens (tertiary/aromatic N) is 3. The Morgan fingerprint density at radius 1 is 1.44 bits per heavy atom. The summed E-state index contributed by atoms with van der Waals surface area (Å²) in [5.74, 6) is -0.124. The van der Waals surface area contributed by atoms with Crippen LogP contribution in [-0.4, -0.2) is 51.5 Å². The third kappa shape index (κ3) is 5.01. The van der Waals surface area contributed by atoms with Gasteiger partial charge in [0.15, 0.2) is 0 Å². The van der Waals surface area contributed by atoms with Gasteiger partial charge in [-0.1, -0.05) is 23.7 Å². The van der Waals surface area contributed by atoms with E-state index in [4.69, 9.17) is 16.3 Å². The van der Waals surface area contributed by atoms with Gasteiger partial charge >= 0.3 is 6.09 Å². The van der Waals surface area contributed by atoms with Crippen molar-refractivity contribution in [2.45, 2.75) is 57.7 Å². The SMILES string of the molecule is C=CC[C@@]1(C(=O)N(C)Cc2ccc(Cl)nc2)CCCN1C(=O)OC(C)(C)C. The lowest BCUT2D eigenvalue weighted by molar-refractivity contribution is -0.141. The number of aromatic nitrogens is 1. The summed E-state index contributed by atoms with van der Waals surface area (Å²) in [6.07, 6.45) is 4.59. The van der Waals surface area contributed by atoms with Gasteiger partial charge in [-0.25, -0.2) is 9.78 Å². The molecule has 0 saturated carbocycles. The van der Waals surface area contributed by atoms with Crippen LogP contribution in [0.3, 0.4) is 0 Å². The van der Waals surface area contributed by atoms with E-state index in [1.807, 2.05) is 26.8 Å². The highest BCUT2D eigenvalue weighted by Gasteiger charge is 2.51. The molecule has 1 aliphatic rings. The van der Waals surface area contributed by atoms with Crippen molar-refractivity contribution in [3.8, 4) is 0 Å². The molecule has 2 heterocycles. The maximum atomic E-state index is 13.4. The second-order valence-electron chi connectivity index (χ2n) is 7.91. The highest BCUT2D eigenvalue weighted by Crippen LogP contribution is 2.36. The molecular formula is C20H28ClN3O3. The monoisotopic (exact) mass is 393 g/mol. The van der Waals surface area contributed by atoms with Gasteiger partial charge in [-0.15, -0.1) is 6.58 Å². The molecule has 1 fully saturated rings. The number of hydrogen-bond donors (Lipinski definition) is 0. The smallest absolute Gasteiger partial charge is 0.411 e. The van der Waals surface area contributed by atoms with E-state index in [2.05, 4.69) is 11.6 Å². The number of likely N-dealkylation sites (tertiary alicyclic amines) is 1. The molecule has 27 heavy (non-hydrogen) atoms. The molecule has 1 atom stereocenters. The first-order chi connectivity index (χ1) is 12.6. The fourth-order valence-corrected chi connectivity index (χ4v) is 3.54. The number of hydrogen-bond acceptors (Lipinski definition) is 4. The van der Waals surface area contributed by atoms with Crippen LogP contribution in [0.2, 0.25) is 5.15 Å². The molecule has 1 saturated heterocycles. The topological polar surface area (TPSA) is 62.7 Å². The highest BCUT2D eigenvalue weighted by molar-refractivity contribution is 6.29. The average molecular weight is 394 g/mol. The number of carbonyl (C=O) groups excluding carboxylic acids is 2. The molecule has 0 aromatic carbocycles. The van der Waals surface area contributed by atoms with Crippen molar-refractivity contribution in [3.05, 3.63) is 41.7 Å². The molecule has 6 nitrogen and oxygen atoms in total. The Kier molecular flexibility index (Phi) is 6.52. The van der Waals surface area contributed by atoms with E-state index in [-0.39, 0.29) is 5.91 Å². The Hall–Kier alpha value is -2.08. The third-order valence-corrected chi connectivity index (χ3v) is 4.76. The predicted molar refractivity (Wildman–Crippen MR) is 105 cm³/mol. The van der Waals surface area contributed by atoms with Gasteiger partial charge in [0.25, 0.3) is 0 Å². The number of amides is 2. The molecular weight excluding hydrogens is 366 g/mol. The van der Waals surface area contributed by atoms with Crippen LogP contribution in [0.4, 0.5) is 4.79 Å². The van der Waals surface area contributed by atoms with Crippen molar-refractivity contribution in [3.63, 3.8) is 0 Å². The van der Waals surface area contributed by atoms with E-state index in [1.165, 1.54) is 0 Å². The first kappa shape index (κ1) is 21.2. The largest absolute Gasteiger partial charge is 0.444 e. The number of halogens is 1. The minimum atomic E-state index is -0.960. The van der Waals surface area contributed by atoms with E-state index in [0.717, 1.165) is 12.0 Å². The molecule has 0 bridgehead atoms. The summed E-state index contributed by atoms with van der Waals surface area (Å²) in [6, 6.07) is 3.52. The molecule has 148 valence electrons. The van der Waals surface area contributed by atoms with Crippen LogP contribution < -0.4 is 0 Å². The zero-order chi connectivity index (χ0) is 20.2. The van der Waals surface area contributed by atoms with E-state index in [9.17, 15) is 9.59 Å². The van der Waals surface area contributed by atoms with Gasteiger partial charge in [0, 0.05) is 26.3 Å². The summed E-state index contributed by atoms with van der Waals surface area (Å²) < 4.78 is 5.54. The summed E-state index contributed by atoms with van der Waals surface area (Å²) in [6.45, 7) is 10.1. The molecule has 1 aromatic rings. The Balaban J connectivity index is 2.24. The number of pyridine rings is 1. The lowest BCUT2D eigenvalue weighted by atomic mass is 9.90. The summed E-state index contributed by atoms with van der Waals surface area (Å²) >= 11 is 5.82. The van der Waals surface area contributed by atoms with Gasteiger partial charge in [-0.2, -0.15) is 0 Å². The van der Waals surface area contributed by atoms with Crippen LogP contribution in [-0.2, 0) is 16.1 Å². The van der Waals surface area contributed by atoms with Gasteiger partial charge < -0.3 is 9.64 Å². The van der Waals surface area contributed by atoms with Crippen LogP contribution in [0.15, 0.2) is 31.0 Å². The van der Waals surface area contributed by atoms with Crippen molar-refractivity contribution in [1.29, 1.82) is 0 Å². The van der Waals surface area contributed by atoms with Crippen molar-refractivity contribution in [1.82, 2.24) is 14.8 Å². The molecule has 1 aromatic heterocycles. The maximum Gasteiger partial charge on any atom is 0.411 e. The van der Waals surface area contributed by atoms with Gasteiger partial charge in [0.1, 0.15) is 16.3 Å². The molecule has 0 radical (unpaired) electrons. The van der Waals surface area contributed by atoms with Crippen molar-refractivity contribution in [2.24, 2.45) is 0 Å². The Morgan fingerprint density at radius 2 is 2.15 bits per heavy atom. The molecule has 2 amide bonds. The lowest BCUT2D eigenvalue weighted by Crippen LogP contribution is -2.58. The van der Waals surface area contributed by atoms with Gasteiger partial charge in [-0.3, -0.25) is 9.69 Å². The molecule has 0 aliphatic carbocycles. The predicted octanol–water partition coefficient (Wildman–Crippen LogP) is 4.04. The highest BCUT2D eigenvalue weighted by atomic mass is 35.5.